The van der Waals surface area contributed by atoms with Crippen molar-refractivity contribution in [1.29, 1.82) is 0 Å². The fourth-order valence-corrected chi connectivity index (χ4v) is 3.73. The first-order valence-corrected chi connectivity index (χ1v) is 8.32. The summed E-state index contributed by atoms with van der Waals surface area (Å²) in [6.45, 7) is 3.71. The smallest absolute Gasteiger partial charge is 0.223 e. The highest BCUT2D eigenvalue weighted by Crippen LogP contribution is 2.29. The second kappa shape index (κ2) is 6.43. The third-order valence-corrected chi connectivity index (χ3v) is 5.05. The molecule has 2 aromatic rings. The van der Waals surface area contributed by atoms with Crippen LogP contribution >= 0.6 is 11.3 Å². The molecule has 1 aliphatic rings. The summed E-state index contributed by atoms with van der Waals surface area (Å²) in [6.07, 6.45) is 5.06. The third-order valence-electron chi connectivity index (χ3n) is 3.93. The van der Waals surface area contributed by atoms with Crippen molar-refractivity contribution >= 4 is 17.2 Å². The van der Waals surface area contributed by atoms with Gasteiger partial charge in [-0.25, -0.2) is 4.98 Å². The van der Waals surface area contributed by atoms with Crippen molar-refractivity contribution in [2.45, 2.75) is 38.5 Å². The van der Waals surface area contributed by atoms with Crippen LogP contribution in [0, 0.1) is 6.92 Å². The van der Waals surface area contributed by atoms with Crippen molar-refractivity contribution in [1.82, 2.24) is 9.88 Å². The zero-order valence-electron chi connectivity index (χ0n) is 12.2. The minimum absolute atomic E-state index is 0.226. The van der Waals surface area contributed by atoms with E-state index in [0.717, 1.165) is 37.4 Å². The quantitative estimate of drug-likeness (QED) is 0.870. The minimum Gasteiger partial charge on any atom is -0.469 e. The van der Waals surface area contributed by atoms with Gasteiger partial charge in [0.1, 0.15) is 5.76 Å². The first-order valence-electron chi connectivity index (χ1n) is 7.44. The highest BCUT2D eigenvalue weighted by Gasteiger charge is 2.26. The molecule has 1 saturated heterocycles. The lowest BCUT2D eigenvalue weighted by molar-refractivity contribution is -0.132. The van der Waals surface area contributed by atoms with E-state index in [2.05, 4.69) is 10.4 Å². The van der Waals surface area contributed by atoms with Gasteiger partial charge in [-0.05, 0) is 31.9 Å². The average molecular weight is 304 g/mol. The van der Waals surface area contributed by atoms with Gasteiger partial charge in [-0.1, -0.05) is 0 Å². The SMILES string of the molecule is Cc1csc([C@H]2CCCN(C(=O)CCc3ccco3)C2)n1. The van der Waals surface area contributed by atoms with Crippen LogP contribution in [0.2, 0.25) is 0 Å². The molecule has 0 radical (unpaired) electrons. The van der Waals surface area contributed by atoms with Crippen LogP contribution < -0.4 is 0 Å². The van der Waals surface area contributed by atoms with Gasteiger partial charge < -0.3 is 9.32 Å². The van der Waals surface area contributed by atoms with Gasteiger partial charge in [0.05, 0.1) is 11.3 Å². The van der Waals surface area contributed by atoms with Crippen molar-refractivity contribution in [3.8, 4) is 0 Å². The van der Waals surface area contributed by atoms with E-state index < -0.39 is 0 Å². The van der Waals surface area contributed by atoms with Crippen LogP contribution in [0.15, 0.2) is 28.2 Å². The predicted molar refractivity (Wildman–Crippen MR) is 82.4 cm³/mol. The molecule has 5 heteroatoms. The van der Waals surface area contributed by atoms with Crippen LogP contribution in [0.5, 0.6) is 0 Å². The van der Waals surface area contributed by atoms with E-state index in [1.54, 1.807) is 17.6 Å². The van der Waals surface area contributed by atoms with E-state index in [-0.39, 0.29) is 5.91 Å². The van der Waals surface area contributed by atoms with Crippen LogP contribution in [0.4, 0.5) is 0 Å². The number of amides is 1. The molecule has 0 saturated carbocycles. The number of hydrogen-bond donors (Lipinski definition) is 0. The molecule has 0 aromatic carbocycles. The Labute approximate surface area is 128 Å². The number of carbonyl (C=O) groups is 1. The largest absolute Gasteiger partial charge is 0.469 e. The lowest BCUT2D eigenvalue weighted by Crippen LogP contribution is -2.39. The van der Waals surface area contributed by atoms with Gasteiger partial charge >= 0.3 is 0 Å². The van der Waals surface area contributed by atoms with Gasteiger partial charge in [0.25, 0.3) is 0 Å². The summed E-state index contributed by atoms with van der Waals surface area (Å²) < 4.78 is 5.29. The van der Waals surface area contributed by atoms with Gasteiger partial charge in [0.15, 0.2) is 0 Å². The first-order chi connectivity index (χ1) is 10.2. The van der Waals surface area contributed by atoms with Gasteiger partial charge in [0.2, 0.25) is 5.91 Å². The van der Waals surface area contributed by atoms with Crippen molar-refractivity contribution in [2.75, 3.05) is 13.1 Å². The molecular weight excluding hydrogens is 284 g/mol. The number of nitrogens with zero attached hydrogens (tertiary/aromatic N) is 2. The van der Waals surface area contributed by atoms with Crippen molar-refractivity contribution < 1.29 is 9.21 Å². The number of furan rings is 1. The summed E-state index contributed by atoms with van der Waals surface area (Å²) in [5.41, 5.74) is 1.08. The fourth-order valence-electron chi connectivity index (χ4n) is 2.81. The van der Waals surface area contributed by atoms with Gasteiger partial charge in [0, 0.05) is 42.9 Å². The molecule has 112 valence electrons. The molecule has 4 nitrogen and oxygen atoms in total. The summed E-state index contributed by atoms with van der Waals surface area (Å²) in [5, 5.41) is 3.27. The molecule has 0 aliphatic carbocycles. The average Bonchev–Trinajstić information content (AvgIpc) is 3.16. The molecule has 0 bridgehead atoms. The molecule has 3 rings (SSSR count). The van der Waals surface area contributed by atoms with Crippen molar-refractivity contribution in [3.05, 3.63) is 40.2 Å². The van der Waals surface area contributed by atoms with E-state index in [1.165, 1.54) is 5.01 Å². The maximum Gasteiger partial charge on any atom is 0.223 e. The first kappa shape index (κ1) is 14.3. The lowest BCUT2D eigenvalue weighted by atomic mass is 9.98. The summed E-state index contributed by atoms with van der Waals surface area (Å²) >= 11 is 1.72. The standard InChI is InChI=1S/C16H20N2O2S/c1-12-11-21-16(17-12)13-4-2-8-18(10-13)15(19)7-6-14-5-3-9-20-14/h3,5,9,11,13H,2,4,6-8,10H2,1H3/t13-/m0/s1. The second-order valence-electron chi connectivity index (χ2n) is 5.59. The van der Waals surface area contributed by atoms with E-state index in [1.807, 2.05) is 24.0 Å². The minimum atomic E-state index is 0.226. The van der Waals surface area contributed by atoms with E-state index >= 15 is 0 Å². The molecule has 2 aromatic heterocycles. The second-order valence-corrected chi connectivity index (χ2v) is 6.48. The van der Waals surface area contributed by atoms with Crippen LogP contribution in [0.1, 0.15) is 41.6 Å². The Hall–Kier alpha value is -1.62. The molecule has 0 unspecified atom stereocenters. The summed E-state index contributed by atoms with van der Waals surface area (Å²) in [4.78, 5) is 18.9. The number of likely N-dealkylation sites (tertiary alicyclic amines) is 1. The maximum atomic E-state index is 12.3. The zero-order valence-corrected chi connectivity index (χ0v) is 13.1. The Kier molecular flexibility index (Phi) is 4.39. The molecule has 1 aliphatic heterocycles. The Bertz CT molecular complexity index is 591. The molecule has 21 heavy (non-hydrogen) atoms. The van der Waals surface area contributed by atoms with Gasteiger partial charge in [-0.3, -0.25) is 4.79 Å². The molecule has 1 amide bonds. The number of rotatable bonds is 4. The molecule has 0 N–H and O–H groups in total. The van der Waals surface area contributed by atoms with Crippen LogP contribution in [-0.2, 0) is 11.2 Å². The normalized spacial score (nSPS) is 18.9. The highest BCUT2D eigenvalue weighted by molar-refractivity contribution is 7.09. The summed E-state index contributed by atoms with van der Waals surface area (Å²) in [5.74, 6) is 1.52. The van der Waals surface area contributed by atoms with Crippen LogP contribution in [0.25, 0.3) is 0 Å². The molecule has 1 atom stereocenters. The molecular formula is C16H20N2O2S. The summed E-state index contributed by atoms with van der Waals surface area (Å²) in [7, 11) is 0. The third kappa shape index (κ3) is 3.53. The predicted octanol–water partition coefficient (Wildman–Crippen LogP) is 3.38. The number of hydrogen-bond acceptors (Lipinski definition) is 4. The number of carbonyl (C=O) groups excluding carboxylic acids is 1. The Balaban J connectivity index is 1.56. The Morgan fingerprint density at radius 1 is 1.57 bits per heavy atom. The van der Waals surface area contributed by atoms with Gasteiger partial charge in [-0.2, -0.15) is 0 Å². The fraction of sp³-hybridized carbons (Fsp3) is 0.500. The Morgan fingerprint density at radius 3 is 3.19 bits per heavy atom. The number of aryl methyl sites for hydroxylation is 2. The molecule has 0 spiro atoms. The molecule has 3 heterocycles. The maximum absolute atomic E-state index is 12.3. The van der Waals surface area contributed by atoms with E-state index in [0.29, 0.717) is 18.8 Å². The number of aromatic nitrogens is 1. The Morgan fingerprint density at radius 2 is 2.48 bits per heavy atom. The monoisotopic (exact) mass is 304 g/mol. The number of thiazole rings is 1. The highest BCUT2D eigenvalue weighted by atomic mass is 32.1. The lowest BCUT2D eigenvalue weighted by Gasteiger charge is -2.31. The molecule has 1 fully saturated rings. The summed E-state index contributed by atoms with van der Waals surface area (Å²) in [6, 6.07) is 3.78. The van der Waals surface area contributed by atoms with Crippen LogP contribution in [0.3, 0.4) is 0 Å². The topological polar surface area (TPSA) is 46.3 Å². The number of piperidine rings is 1. The van der Waals surface area contributed by atoms with Gasteiger partial charge in [-0.15, -0.1) is 11.3 Å². The van der Waals surface area contributed by atoms with Crippen molar-refractivity contribution in [3.63, 3.8) is 0 Å². The van der Waals surface area contributed by atoms with E-state index in [9.17, 15) is 4.79 Å². The van der Waals surface area contributed by atoms with Crippen LogP contribution in [-0.4, -0.2) is 28.9 Å². The van der Waals surface area contributed by atoms with Crippen molar-refractivity contribution in [2.24, 2.45) is 0 Å². The zero-order chi connectivity index (χ0) is 14.7. The van der Waals surface area contributed by atoms with E-state index in [4.69, 9.17) is 4.42 Å².